The molecule has 2 N–H and O–H groups in total. The second-order valence-corrected chi connectivity index (χ2v) is 11.2. The van der Waals surface area contributed by atoms with Crippen LogP contribution in [-0.4, -0.2) is 50.7 Å². The van der Waals surface area contributed by atoms with E-state index in [0.717, 1.165) is 31.6 Å². The average Bonchev–Trinajstić information content (AvgIpc) is 2.95. The molecule has 1 saturated heterocycles. The van der Waals surface area contributed by atoms with Gasteiger partial charge in [0.05, 0.1) is 29.2 Å². The molecule has 9 heteroatoms. The number of benzene rings is 1. The van der Waals surface area contributed by atoms with Crippen molar-refractivity contribution in [2.75, 3.05) is 32.2 Å². The van der Waals surface area contributed by atoms with Gasteiger partial charge in [-0.2, -0.15) is 0 Å². The Labute approximate surface area is 224 Å². The van der Waals surface area contributed by atoms with Gasteiger partial charge in [-0.3, -0.25) is 25.2 Å². The number of ether oxygens (including phenoxy) is 2. The maximum atomic E-state index is 12.7. The first-order valence-electron chi connectivity index (χ1n) is 13.6. The van der Waals surface area contributed by atoms with Crippen LogP contribution in [0.4, 0.5) is 5.69 Å². The number of esters is 1. The van der Waals surface area contributed by atoms with Crippen molar-refractivity contribution in [3.63, 3.8) is 0 Å². The lowest BCUT2D eigenvalue weighted by atomic mass is 9.72. The van der Waals surface area contributed by atoms with Crippen molar-refractivity contribution in [3.8, 4) is 0 Å². The first-order valence-corrected chi connectivity index (χ1v) is 14.0. The van der Waals surface area contributed by atoms with E-state index >= 15 is 0 Å². The standard InChI is InChI=1S/C28H40ClN3O5/c1-36-27(35)20-10-8-19(9-11-20)25(33)30-31-26(34)23-13-12-22(18-24(23)29)32-16-14-28(37-2,15-17-32)21-6-4-3-5-7-21/h12-13,18-21H,3-11,14-17H2,1-2H3,(H,30,33)(H,31,34). The van der Waals surface area contributed by atoms with Gasteiger partial charge < -0.3 is 14.4 Å². The zero-order valence-electron chi connectivity index (χ0n) is 22.0. The van der Waals surface area contributed by atoms with E-state index in [1.54, 1.807) is 6.07 Å². The molecular weight excluding hydrogens is 494 g/mol. The second kappa shape index (κ2) is 12.5. The van der Waals surface area contributed by atoms with Crippen molar-refractivity contribution in [3.05, 3.63) is 28.8 Å². The van der Waals surface area contributed by atoms with E-state index in [9.17, 15) is 14.4 Å². The number of rotatable bonds is 6. The molecule has 3 fully saturated rings. The highest BCUT2D eigenvalue weighted by molar-refractivity contribution is 6.34. The molecule has 1 aliphatic heterocycles. The van der Waals surface area contributed by atoms with Crippen molar-refractivity contribution >= 4 is 35.1 Å². The quantitative estimate of drug-likeness (QED) is 0.408. The zero-order chi connectivity index (χ0) is 26.4. The summed E-state index contributed by atoms with van der Waals surface area (Å²) in [7, 11) is 3.24. The summed E-state index contributed by atoms with van der Waals surface area (Å²) in [6, 6.07) is 5.45. The van der Waals surface area contributed by atoms with Crippen LogP contribution in [0.1, 0.15) is 81.0 Å². The summed E-state index contributed by atoms with van der Waals surface area (Å²) in [5.74, 6) is -0.692. The number of nitrogens with one attached hydrogen (secondary N) is 2. The molecule has 8 nitrogen and oxygen atoms in total. The molecule has 0 atom stereocenters. The van der Waals surface area contributed by atoms with E-state index in [1.807, 2.05) is 19.2 Å². The minimum atomic E-state index is -0.456. The summed E-state index contributed by atoms with van der Waals surface area (Å²) in [5.41, 5.74) is 6.28. The maximum absolute atomic E-state index is 12.7. The molecular formula is C28H40ClN3O5. The Kier molecular flexibility index (Phi) is 9.35. The number of carbonyl (C=O) groups is 3. The molecule has 1 aromatic carbocycles. The average molecular weight is 534 g/mol. The molecule has 0 unspecified atom stereocenters. The monoisotopic (exact) mass is 533 g/mol. The first-order chi connectivity index (χ1) is 17.9. The molecule has 2 aliphatic carbocycles. The first kappa shape index (κ1) is 27.7. The number of hydrogen-bond donors (Lipinski definition) is 2. The van der Waals surface area contributed by atoms with Crippen molar-refractivity contribution < 1.29 is 23.9 Å². The molecule has 0 aromatic heterocycles. The van der Waals surface area contributed by atoms with Gasteiger partial charge in [0.25, 0.3) is 5.91 Å². The van der Waals surface area contributed by atoms with Gasteiger partial charge in [0.1, 0.15) is 0 Å². The van der Waals surface area contributed by atoms with Crippen molar-refractivity contribution in [2.24, 2.45) is 17.8 Å². The minimum absolute atomic E-state index is 0.0305. The summed E-state index contributed by atoms with van der Waals surface area (Å²) in [5, 5.41) is 0.346. The van der Waals surface area contributed by atoms with Crippen LogP contribution in [0.25, 0.3) is 0 Å². The van der Waals surface area contributed by atoms with Gasteiger partial charge in [-0.1, -0.05) is 30.9 Å². The summed E-state index contributed by atoms with van der Waals surface area (Å²) >= 11 is 6.50. The third kappa shape index (κ3) is 6.40. The van der Waals surface area contributed by atoms with E-state index in [-0.39, 0.29) is 29.3 Å². The predicted octanol–water partition coefficient (Wildman–Crippen LogP) is 4.65. The van der Waals surface area contributed by atoms with Crippen LogP contribution < -0.4 is 15.8 Å². The number of anilines is 1. The van der Waals surface area contributed by atoms with Crippen LogP contribution in [0.5, 0.6) is 0 Å². The van der Waals surface area contributed by atoms with Gasteiger partial charge in [-0.15, -0.1) is 0 Å². The molecule has 1 heterocycles. The molecule has 204 valence electrons. The molecule has 4 rings (SSSR count). The van der Waals surface area contributed by atoms with E-state index < -0.39 is 5.91 Å². The topological polar surface area (TPSA) is 97.0 Å². The summed E-state index contributed by atoms with van der Waals surface area (Å²) in [6.07, 6.45) is 10.8. The number of nitrogens with zero attached hydrogens (tertiary/aromatic N) is 1. The smallest absolute Gasteiger partial charge is 0.308 e. The molecule has 2 amide bonds. The highest BCUT2D eigenvalue weighted by Crippen LogP contribution is 2.42. The molecule has 37 heavy (non-hydrogen) atoms. The van der Waals surface area contributed by atoms with Crippen LogP contribution in [0, 0.1) is 17.8 Å². The lowest BCUT2D eigenvalue weighted by molar-refractivity contribution is -0.147. The Morgan fingerprint density at radius 3 is 2.16 bits per heavy atom. The largest absolute Gasteiger partial charge is 0.469 e. The fourth-order valence-corrected chi connectivity index (χ4v) is 6.74. The van der Waals surface area contributed by atoms with Crippen LogP contribution in [-0.2, 0) is 19.1 Å². The van der Waals surface area contributed by atoms with E-state index in [0.29, 0.717) is 42.2 Å². The lowest BCUT2D eigenvalue weighted by Crippen LogP contribution is -2.50. The maximum Gasteiger partial charge on any atom is 0.308 e. The van der Waals surface area contributed by atoms with Crippen LogP contribution in [0.2, 0.25) is 5.02 Å². The van der Waals surface area contributed by atoms with Gasteiger partial charge in [0, 0.05) is 31.8 Å². The molecule has 0 radical (unpaired) electrons. The Morgan fingerprint density at radius 1 is 0.919 bits per heavy atom. The van der Waals surface area contributed by atoms with Gasteiger partial charge in [-0.25, -0.2) is 0 Å². The van der Waals surface area contributed by atoms with Crippen molar-refractivity contribution in [2.45, 2.75) is 76.2 Å². The van der Waals surface area contributed by atoms with Crippen LogP contribution in [0.15, 0.2) is 18.2 Å². The molecule has 1 aromatic rings. The Hall–Kier alpha value is -2.32. The molecule has 0 spiro atoms. The Balaban J connectivity index is 1.28. The number of carbonyl (C=O) groups excluding carboxylic acids is 3. The van der Waals surface area contributed by atoms with E-state index in [2.05, 4.69) is 15.8 Å². The molecule has 3 aliphatic rings. The number of halogens is 1. The van der Waals surface area contributed by atoms with Gasteiger partial charge in [-0.05, 0) is 75.5 Å². The summed E-state index contributed by atoms with van der Waals surface area (Å²) < 4.78 is 10.9. The number of hydrazine groups is 1. The van der Waals surface area contributed by atoms with Crippen LogP contribution >= 0.6 is 11.6 Å². The lowest BCUT2D eigenvalue weighted by Gasteiger charge is -2.47. The highest BCUT2D eigenvalue weighted by Gasteiger charge is 2.42. The fourth-order valence-electron chi connectivity index (χ4n) is 6.48. The SMILES string of the molecule is COC(=O)C1CCC(C(=O)NNC(=O)c2ccc(N3CCC(OC)(C4CCCCC4)CC3)cc2Cl)CC1. The third-order valence-corrected chi connectivity index (χ3v) is 9.17. The number of piperidine rings is 1. The number of amides is 2. The normalized spacial score (nSPS) is 24.2. The fraction of sp³-hybridized carbons (Fsp3) is 0.679. The molecule has 0 bridgehead atoms. The second-order valence-electron chi connectivity index (χ2n) is 10.8. The summed E-state index contributed by atoms with van der Waals surface area (Å²) in [4.78, 5) is 39.2. The summed E-state index contributed by atoms with van der Waals surface area (Å²) in [6.45, 7) is 1.78. The van der Waals surface area contributed by atoms with Crippen molar-refractivity contribution in [1.82, 2.24) is 10.9 Å². The van der Waals surface area contributed by atoms with Crippen LogP contribution in [0.3, 0.4) is 0 Å². The van der Waals surface area contributed by atoms with Gasteiger partial charge in [0.2, 0.25) is 5.91 Å². The van der Waals surface area contributed by atoms with Crippen molar-refractivity contribution in [1.29, 1.82) is 0 Å². The van der Waals surface area contributed by atoms with Gasteiger partial charge >= 0.3 is 5.97 Å². The van der Waals surface area contributed by atoms with E-state index in [1.165, 1.54) is 39.2 Å². The Bertz CT molecular complexity index is 965. The van der Waals surface area contributed by atoms with E-state index in [4.69, 9.17) is 21.1 Å². The highest BCUT2D eigenvalue weighted by atomic mass is 35.5. The number of methoxy groups -OCH3 is 2. The predicted molar refractivity (Wildman–Crippen MR) is 142 cm³/mol. The van der Waals surface area contributed by atoms with Gasteiger partial charge in [0.15, 0.2) is 0 Å². The number of hydrogen-bond acceptors (Lipinski definition) is 6. The molecule has 2 saturated carbocycles. The zero-order valence-corrected chi connectivity index (χ0v) is 22.8. The minimum Gasteiger partial charge on any atom is -0.469 e. The third-order valence-electron chi connectivity index (χ3n) is 8.86. The Morgan fingerprint density at radius 2 is 1.57 bits per heavy atom.